The number of methoxy groups -OCH3 is 1. The Balaban J connectivity index is 1.41. The lowest BCUT2D eigenvalue weighted by atomic mass is 9.83. The van der Waals surface area contributed by atoms with Gasteiger partial charge in [-0.25, -0.2) is 4.99 Å². The zero-order chi connectivity index (χ0) is 29.1. The number of para-hydroxylation sites is 1. The van der Waals surface area contributed by atoms with E-state index in [1.165, 1.54) is 22.5 Å². The summed E-state index contributed by atoms with van der Waals surface area (Å²) in [6.45, 7) is 0. The topological polar surface area (TPSA) is 59.4 Å². The van der Waals surface area contributed by atoms with E-state index in [0.29, 0.717) is 14.4 Å². The average molecular weight is 600 g/mol. The van der Waals surface area contributed by atoms with Gasteiger partial charge in [0.2, 0.25) is 0 Å². The van der Waals surface area contributed by atoms with Gasteiger partial charge in [-0.05, 0) is 59.4 Å². The van der Waals surface area contributed by atoms with Crippen molar-refractivity contribution < 1.29 is 4.74 Å². The van der Waals surface area contributed by atoms with E-state index in [-0.39, 0.29) is 11.6 Å². The Morgan fingerprint density at radius 1 is 0.953 bits per heavy atom. The van der Waals surface area contributed by atoms with Crippen molar-refractivity contribution >= 4 is 45.6 Å². The SMILES string of the molecule is COc1cccc2c(/C=c3/sc4n(c3=O)[C@H](c3ccc(Cl)cc3)C3=C(N=4)c4ccccc4CC3)c(-c3ccccc3)[nH]c12. The molecule has 0 unspecified atom stereocenters. The highest BCUT2D eigenvalue weighted by Crippen LogP contribution is 2.41. The van der Waals surface area contributed by atoms with Gasteiger partial charge in [0.1, 0.15) is 5.75 Å². The molecule has 2 aliphatic rings. The molecule has 6 aromatic rings. The molecule has 0 saturated carbocycles. The Kier molecular flexibility index (Phi) is 6.21. The number of nitrogens with zero attached hydrogens (tertiary/aromatic N) is 2. The summed E-state index contributed by atoms with van der Waals surface area (Å²) in [7, 11) is 1.67. The van der Waals surface area contributed by atoms with E-state index < -0.39 is 0 Å². The molecule has 210 valence electrons. The van der Waals surface area contributed by atoms with Crippen LogP contribution in [0.1, 0.15) is 34.7 Å². The molecule has 1 aliphatic carbocycles. The maximum atomic E-state index is 14.4. The van der Waals surface area contributed by atoms with Gasteiger partial charge in [-0.3, -0.25) is 9.36 Å². The predicted octanol–water partition coefficient (Wildman–Crippen LogP) is 7.13. The van der Waals surface area contributed by atoms with Crippen LogP contribution in [0.25, 0.3) is 33.9 Å². The maximum Gasteiger partial charge on any atom is 0.271 e. The van der Waals surface area contributed by atoms with Gasteiger partial charge < -0.3 is 9.72 Å². The highest BCUT2D eigenvalue weighted by Gasteiger charge is 2.32. The number of hydrogen-bond donors (Lipinski definition) is 1. The lowest BCUT2D eigenvalue weighted by Gasteiger charge is -2.30. The molecule has 0 fully saturated rings. The van der Waals surface area contributed by atoms with Crippen LogP contribution in [0.5, 0.6) is 5.75 Å². The van der Waals surface area contributed by atoms with E-state index in [9.17, 15) is 4.79 Å². The molecule has 3 heterocycles. The number of allylic oxidation sites excluding steroid dienone is 1. The van der Waals surface area contributed by atoms with Gasteiger partial charge in [0, 0.05) is 21.5 Å². The lowest BCUT2D eigenvalue weighted by Crippen LogP contribution is -2.38. The Hall–Kier alpha value is -4.65. The number of aryl methyl sites for hydroxylation is 1. The molecular weight excluding hydrogens is 574 g/mol. The highest BCUT2D eigenvalue weighted by atomic mass is 35.5. The molecule has 0 saturated heterocycles. The average Bonchev–Trinajstić information content (AvgIpc) is 3.58. The van der Waals surface area contributed by atoms with Gasteiger partial charge >= 0.3 is 0 Å². The molecule has 43 heavy (non-hydrogen) atoms. The number of aromatic nitrogens is 2. The number of H-pyrrole nitrogens is 1. The van der Waals surface area contributed by atoms with Crippen LogP contribution in [0.3, 0.4) is 0 Å². The molecule has 4 aromatic carbocycles. The monoisotopic (exact) mass is 599 g/mol. The van der Waals surface area contributed by atoms with Gasteiger partial charge in [0.25, 0.3) is 5.56 Å². The van der Waals surface area contributed by atoms with E-state index in [0.717, 1.165) is 63.1 Å². The zero-order valence-electron chi connectivity index (χ0n) is 23.3. The van der Waals surface area contributed by atoms with Crippen molar-refractivity contribution in [1.29, 1.82) is 0 Å². The van der Waals surface area contributed by atoms with Crippen molar-refractivity contribution in [3.8, 4) is 17.0 Å². The number of fused-ring (bicyclic) bond motifs is 4. The van der Waals surface area contributed by atoms with Crippen LogP contribution < -0.4 is 19.6 Å². The second-order valence-electron chi connectivity index (χ2n) is 10.8. The van der Waals surface area contributed by atoms with Crippen LogP contribution in [-0.2, 0) is 6.42 Å². The minimum atomic E-state index is -0.254. The first-order valence-corrected chi connectivity index (χ1v) is 15.4. The Bertz CT molecular complexity index is 2260. The van der Waals surface area contributed by atoms with Crippen LogP contribution >= 0.6 is 22.9 Å². The molecule has 5 nitrogen and oxygen atoms in total. The minimum Gasteiger partial charge on any atom is -0.495 e. The maximum absolute atomic E-state index is 14.4. The lowest BCUT2D eigenvalue weighted by molar-refractivity contribution is 0.419. The van der Waals surface area contributed by atoms with Gasteiger partial charge in [0.05, 0.1) is 34.6 Å². The second-order valence-corrected chi connectivity index (χ2v) is 12.3. The summed E-state index contributed by atoms with van der Waals surface area (Å²) in [5.74, 6) is 0.755. The first-order valence-electron chi connectivity index (χ1n) is 14.2. The minimum absolute atomic E-state index is 0.0506. The summed E-state index contributed by atoms with van der Waals surface area (Å²) in [5.41, 5.74) is 9.38. The van der Waals surface area contributed by atoms with Gasteiger partial charge in [0.15, 0.2) is 4.80 Å². The number of thiazole rings is 1. The standard InChI is InChI=1S/C36H26ClN3O2S/c1-42-29-13-7-12-26-28(31(38-33(26)29)22-9-3-2-4-10-22)20-30-35(41)40-34(23-14-17-24(37)18-15-23)27-19-16-21-8-5-6-11-25(21)32(27)39-36(40)43-30/h2-15,17-18,20,34,38H,16,19H2,1H3/b30-20+/t34-/m1/s1. The number of hydrogen-bond acceptors (Lipinski definition) is 4. The normalized spacial score (nSPS) is 16.0. The van der Waals surface area contributed by atoms with Crippen molar-refractivity contribution in [2.75, 3.05) is 7.11 Å². The summed E-state index contributed by atoms with van der Waals surface area (Å²) in [6, 6.07) is 32.2. The second kappa shape index (κ2) is 10.3. The fraction of sp³-hybridized carbons (Fsp3) is 0.111. The van der Waals surface area contributed by atoms with Crippen LogP contribution in [0, 0.1) is 0 Å². The van der Waals surface area contributed by atoms with E-state index in [4.69, 9.17) is 21.3 Å². The largest absolute Gasteiger partial charge is 0.495 e. The third-order valence-corrected chi connectivity index (χ3v) is 9.69. The third-order valence-electron chi connectivity index (χ3n) is 8.45. The van der Waals surface area contributed by atoms with Gasteiger partial charge in [-0.1, -0.05) is 102 Å². The van der Waals surface area contributed by atoms with Crippen molar-refractivity contribution in [2.45, 2.75) is 18.9 Å². The summed E-state index contributed by atoms with van der Waals surface area (Å²) in [6.07, 6.45) is 3.77. The fourth-order valence-corrected chi connectivity index (χ4v) is 7.57. The number of aromatic amines is 1. The molecule has 1 N–H and O–H groups in total. The molecule has 8 rings (SSSR count). The van der Waals surface area contributed by atoms with Gasteiger partial charge in [-0.15, -0.1) is 0 Å². The molecule has 7 heteroatoms. The molecule has 0 radical (unpaired) electrons. The fourth-order valence-electron chi connectivity index (χ4n) is 6.46. The van der Waals surface area contributed by atoms with Gasteiger partial charge in [-0.2, -0.15) is 0 Å². The summed E-state index contributed by atoms with van der Waals surface area (Å²) in [5, 5.41) is 1.66. The molecule has 2 aromatic heterocycles. The van der Waals surface area contributed by atoms with Crippen molar-refractivity contribution in [3.63, 3.8) is 0 Å². The third kappa shape index (κ3) is 4.21. The molecule has 1 aliphatic heterocycles. The van der Waals surface area contributed by atoms with E-state index in [2.05, 4.69) is 47.4 Å². The number of rotatable bonds is 4. The van der Waals surface area contributed by atoms with Crippen LogP contribution in [0.2, 0.25) is 5.02 Å². The van der Waals surface area contributed by atoms with Crippen molar-refractivity contribution in [2.24, 2.45) is 4.99 Å². The Labute approximate surface area is 256 Å². The number of halogens is 1. The predicted molar refractivity (Wildman–Crippen MR) is 174 cm³/mol. The van der Waals surface area contributed by atoms with Crippen LogP contribution in [0.15, 0.2) is 112 Å². The molecule has 1 atom stereocenters. The van der Waals surface area contributed by atoms with Crippen molar-refractivity contribution in [3.05, 3.63) is 150 Å². The number of benzene rings is 4. The van der Waals surface area contributed by atoms with Crippen LogP contribution in [-0.4, -0.2) is 16.7 Å². The zero-order valence-corrected chi connectivity index (χ0v) is 24.9. The number of nitrogens with one attached hydrogen (secondary N) is 1. The van der Waals surface area contributed by atoms with E-state index in [1.54, 1.807) is 7.11 Å². The molecule has 0 spiro atoms. The Morgan fingerprint density at radius 3 is 2.56 bits per heavy atom. The summed E-state index contributed by atoms with van der Waals surface area (Å²) in [4.78, 5) is 23.9. The Morgan fingerprint density at radius 2 is 1.74 bits per heavy atom. The molecule has 0 bridgehead atoms. The summed E-state index contributed by atoms with van der Waals surface area (Å²) >= 11 is 7.73. The molecular formula is C36H26ClN3O2S. The first kappa shape index (κ1) is 26.0. The first-order chi connectivity index (χ1) is 21.1. The summed E-state index contributed by atoms with van der Waals surface area (Å²) < 4.78 is 8.20. The van der Waals surface area contributed by atoms with Crippen molar-refractivity contribution in [1.82, 2.24) is 9.55 Å². The highest BCUT2D eigenvalue weighted by molar-refractivity contribution is 7.07. The quantitative estimate of drug-likeness (QED) is 0.234. The number of ether oxygens (including phenoxy) is 1. The van der Waals surface area contributed by atoms with E-state index >= 15 is 0 Å². The van der Waals surface area contributed by atoms with Crippen LogP contribution in [0.4, 0.5) is 0 Å². The molecule has 0 amide bonds. The van der Waals surface area contributed by atoms with E-state index in [1.807, 2.05) is 65.2 Å². The smallest absolute Gasteiger partial charge is 0.271 e.